The molecule has 1 aliphatic heterocycles. The minimum absolute atomic E-state index is 0.173. The second-order valence-electron chi connectivity index (χ2n) is 5.21. The summed E-state index contributed by atoms with van der Waals surface area (Å²) in [5.41, 5.74) is 0.800. The van der Waals surface area contributed by atoms with Crippen LogP contribution in [0.1, 0.15) is 12.5 Å². The molecule has 7 heteroatoms. The molecule has 0 fully saturated rings. The third-order valence-corrected chi connectivity index (χ3v) is 4.94. The van der Waals surface area contributed by atoms with Gasteiger partial charge >= 0.3 is 0 Å². The summed E-state index contributed by atoms with van der Waals surface area (Å²) >= 11 is 0. The Kier molecular flexibility index (Phi) is 4.92. The maximum Gasteiger partial charge on any atom is 0.240 e. The number of sulfonamides is 1. The fraction of sp³-hybridized carbons (Fsp3) is 0.294. The summed E-state index contributed by atoms with van der Waals surface area (Å²) in [7, 11) is -3.59. The van der Waals surface area contributed by atoms with Crippen molar-refractivity contribution in [3.8, 4) is 17.2 Å². The minimum Gasteiger partial charge on any atom is -0.494 e. The molecule has 1 N–H and O–H groups in total. The van der Waals surface area contributed by atoms with Crippen molar-refractivity contribution in [3.63, 3.8) is 0 Å². The predicted molar refractivity (Wildman–Crippen MR) is 89.1 cm³/mol. The smallest absolute Gasteiger partial charge is 0.240 e. The molecule has 2 aromatic rings. The van der Waals surface area contributed by atoms with Gasteiger partial charge in [0.25, 0.3) is 0 Å². The predicted octanol–water partition coefficient (Wildman–Crippen LogP) is 2.33. The first-order valence-electron chi connectivity index (χ1n) is 7.69. The van der Waals surface area contributed by atoms with Crippen LogP contribution in [0.15, 0.2) is 47.4 Å². The maximum atomic E-state index is 12.4. The Morgan fingerprint density at radius 3 is 2.46 bits per heavy atom. The van der Waals surface area contributed by atoms with Gasteiger partial charge < -0.3 is 14.2 Å². The molecule has 6 nitrogen and oxygen atoms in total. The average molecular weight is 349 g/mol. The van der Waals surface area contributed by atoms with Crippen LogP contribution in [0.25, 0.3) is 0 Å². The van der Waals surface area contributed by atoms with Gasteiger partial charge in [0.1, 0.15) is 19.0 Å². The zero-order valence-corrected chi connectivity index (χ0v) is 14.1. The molecule has 2 aromatic carbocycles. The lowest BCUT2D eigenvalue weighted by molar-refractivity contribution is 0.171. The van der Waals surface area contributed by atoms with E-state index in [9.17, 15) is 8.42 Å². The zero-order chi connectivity index (χ0) is 17.0. The Hall–Kier alpha value is -2.25. The third kappa shape index (κ3) is 3.80. The fourth-order valence-electron chi connectivity index (χ4n) is 2.34. The highest BCUT2D eigenvalue weighted by atomic mass is 32.2. The van der Waals surface area contributed by atoms with Gasteiger partial charge in [-0.25, -0.2) is 13.1 Å². The molecule has 0 aliphatic carbocycles. The van der Waals surface area contributed by atoms with E-state index in [1.54, 1.807) is 24.3 Å². The molecule has 0 aromatic heterocycles. The van der Waals surface area contributed by atoms with E-state index in [1.165, 1.54) is 12.1 Å². The molecule has 128 valence electrons. The highest BCUT2D eigenvalue weighted by Crippen LogP contribution is 2.30. The summed E-state index contributed by atoms with van der Waals surface area (Å²) in [5, 5.41) is 0. The SMILES string of the molecule is CCOc1ccc(S(=O)(=O)NCc2ccc3c(c2)OCCO3)cc1. The van der Waals surface area contributed by atoms with Crippen LogP contribution in [0.2, 0.25) is 0 Å². The van der Waals surface area contributed by atoms with Crippen molar-refractivity contribution in [3.05, 3.63) is 48.0 Å². The third-order valence-electron chi connectivity index (χ3n) is 3.52. The number of rotatable bonds is 6. The van der Waals surface area contributed by atoms with Crippen LogP contribution in [0, 0.1) is 0 Å². The highest BCUT2D eigenvalue weighted by Gasteiger charge is 2.16. The molecule has 24 heavy (non-hydrogen) atoms. The molecule has 0 atom stereocenters. The largest absolute Gasteiger partial charge is 0.494 e. The van der Waals surface area contributed by atoms with Crippen molar-refractivity contribution in [2.45, 2.75) is 18.4 Å². The van der Waals surface area contributed by atoms with Crippen LogP contribution in [-0.4, -0.2) is 28.2 Å². The van der Waals surface area contributed by atoms with Crippen LogP contribution in [0.5, 0.6) is 17.2 Å². The van der Waals surface area contributed by atoms with Crippen molar-refractivity contribution in [1.29, 1.82) is 0 Å². The van der Waals surface area contributed by atoms with Crippen LogP contribution in [-0.2, 0) is 16.6 Å². The lowest BCUT2D eigenvalue weighted by Crippen LogP contribution is -2.23. The zero-order valence-electron chi connectivity index (χ0n) is 13.3. The van der Waals surface area contributed by atoms with Gasteiger partial charge in [0.05, 0.1) is 11.5 Å². The van der Waals surface area contributed by atoms with E-state index in [0.29, 0.717) is 37.1 Å². The van der Waals surface area contributed by atoms with Crippen LogP contribution < -0.4 is 18.9 Å². The van der Waals surface area contributed by atoms with Gasteiger partial charge in [-0.3, -0.25) is 0 Å². The molecule has 0 amide bonds. The first-order valence-corrected chi connectivity index (χ1v) is 9.18. The van der Waals surface area contributed by atoms with E-state index >= 15 is 0 Å². The van der Waals surface area contributed by atoms with E-state index < -0.39 is 10.0 Å². The van der Waals surface area contributed by atoms with Crippen LogP contribution in [0.4, 0.5) is 0 Å². The standard InChI is InChI=1S/C17H19NO5S/c1-2-21-14-4-6-15(7-5-14)24(19,20)18-12-13-3-8-16-17(11-13)23-10-9-22-16/h3-8,11,18H,2,9-10,12H2,1H3. The molecule has 0 saturated heterocycles. The van der Waals surface area contributed by atoms with Crippen molar-refractivity contribution in [2.24, 2.45) is 0 Å². The number of hydrogen-bond donors (Lipinski definition) is 1. The number of fused-ring (bicyclic) bond motifs is 1. The molecule has 1 aliphatic rings. The number of hydrogen-bond acceptors (Lipinski definition) is 5. The Balaban J connectivity index is 1.68. The maximum absolute atomic E-state index is 12.4. The number of benzene rings is 2. The first kappa shape index (κ1) is 16.6. The lowest BCUT2D eigenvalue weighted by atomic mass is 10.2. The Bertz CT molecular complexity index is 802. The summed E-state index contributed by atoms with van der Waals surface area (Å²) in [6.45, 7) is 3.60. The van der Waals surface area contributed by atoms with Crippen molar-refractivity contribution < 1.29 is 22.6 Å². The Morgan fingerprint density at radius 2 is 1.75 bits per heavy atom. The summed E-state index contributed by atoms with van der Waals surface area (Å²) < 4.78 is 43.6. The molecular weight excluding hydrogens is 330 g/mol. The topological polar surface area (TPSA) is 73.9 Å². The van der Waals surface area contributed by atoms with E-state index in [4.69, 9.17) is 14.2 Å². The summed E-state index contributed by atoms with van der Waals surface area (Å²) in [6, 6.07) is 11.7. The van der Waals surface area contributed by atoms with Gasteiger partial charge in [0.15, 0.2) is 11.5 Å². The molecular formula is C17H19NO5S. The van der Waals surface area contributed by atoms with Gasteiger partial charge in [-0.15, -0.1) is 0 Å². The minimum atomic E-state index is -3.59. The second-order valence-corrected chi connectivity index (χ2v) is 6.97. The molecule has 3 rings (SSSR count). The molecule has 0 radical (unpaired) electrons. The van der Waals surface area contributed by atoms with E-state index in [-0.39, 0.29) is 11.4 Å². The fourth-order valence-corrected chi connectivity index (χ4v) is 3.36. The summed E-state index contributed by atoms with van der Waals surface area (Å²) in [4.78, 5) is 0.198. The van der Waals surface area contributed by atoms with E-state index in [0.717, 1.165) is 5.56 Å². The first-order chi connectivity index (χ1) is 11.6. The lowest BCUT2D eigenvalue weighted by Gasteiger charge is -2.19. The molecule has 0 saturated carbocycles. The van der Waals surface area contributed by atoms with Gasteiger partial charge in [-0.05, 0) is 48.9 Å². The number of ether oxygens (including phenoxy) is 3. The monoisotopic (exact) mass is 349 g/mol. The molecule has 1 heterocycles. The van der Waals surface area contributed by atoms with Gasteiger partial charge in [-0.1, -0.05) is 6.07 Å². The van der Waals surface area contributed by atoms with Crippen molar-refractivity contribution in [1.82, 2.24) is 4.72 Å². The van der Waals surface area contributed by atoms with Gasteiger partial charge in [0, 0.05) is 6.54 Å². The second kappa shape index (κ2) is 7.11. The Labute approximate surface area is 141 Å². The highest BCUT2D eigenvalue weighted by molar-refractivity contribution is 7.89. The summed E-state index contributed by atoms with van der Waals surface area (Å²) in [5.74, 6) is 1.96. The van der Waals surface area contributed by atoms with Crippen LogP contribution >= 0.6 is 0 Å². The van der Waals surface area contributed by atoms with Gasteiger partial charge in [0.2, 0.25) is 10.0 Å². The normalized spacial score (nSPS) is 13.5. The average Bonchev–Trinajstić information content (AvgIpc) is 2.61. The van der Waals surface area contributed by atoms with Crippen LogP contribution in [0.3, 0.4) is 0 Å². The molecule has 0 bridgehead atoms. The van der Waals surface area contributed by atoms with Crippen molar-refractivity contribution in [2.75, 3.05) is 19.8 Å². The van der Waals surface area contributed by atoms with Crippen molar-refractivity contribution >= 4 is 10.0 Å². The van der Waals surface area contributed by atoms with E-state index in [1.807, 2.05) is 13.0 Å². The molecule has 0 spiro atoms. The number of nitrogens with one attached hydrogen (secondary N) is 1. The Morgan fingerprint density at radius 1 is 1.04 bits per heavy atom. The summed E-state index contributed by atoms with van der Waals surface area (Å²) in [6.07, 6.45) is 0. The van der Waals surface area contributed by atoms with Gasteiger partial charge in [-0.2, -0.15) is 0 Å². The van der Waals surface area contributed by atoms with E-state index in [2.05, 4.69) is 4.72 Å². The quantitative estimate of drug-likeness (QED) is 0.866. The molecule has 0 unspecified atom stereocenters.